The number of halogens is 1. The molecule has 0 saturated carbocycles. The molecule has 0 saturated heterocycles. The van der Waals surface area contributed by atoms with Gasteiger partial charge in [0.2, 0.25) is 0 Å². The van der Waals surface area contributed by atoms with Crippen molar-refractivity contribution in [3.63, 3.8) is 0 Å². The van der Waals surface area contributed by atoms with Gasteiger partial charge in [0.1, 0.15) is 0 Å². The van der Waals surface area contributed by atoms with E-state index in [1.54, 1.807) is 0 Å². The molecule has 6 heavy (non-hydrogen) atoms. The number of nitrogens with one attached hydrogen (secondary N) is 1. The molecule has 0 aliphatic rings. The zero-order valence-electron chi connectivity index (χ0n) is 2.84. The molecule has 5 heteroatoms. The third-order valence-electron chi connectivity index (χ3n) is 0.110. The number of carbonyl (C=O) groups excluding carboxylic acids is 1. The van der Waals surface area contributed by atoms with Gasteiger partial charge in [0, 0.05) is 0 Å². The van der Waals surface area contributed by atoms with Crippen molar-refractivity contribution in [3.8, 4) is 0 Å². The monoisotopic (exact) mass is 220 g/mol. The van der Waals surface area contributed by atoms with Crippen molar-refractivity contribution in [3.05, 3.63) is 0 Å². The van der Waals surface area contributed by atoms with Gasteiger partial charge in [0.05, 0.1) is 0 Å². The van der Waals surface area contributed by atoms with Crippen LogP contribution >= 0.6 is 17.0 Å². The Balaban J connectivity index is 0. The first-order valence-corrected chi connectivity index (χ1v) is 1.90. The number of amides is 2. The molecular weight excluding hydrogens is 215 g/mol. The maximum absolute atomic E-state index is 9.46. The molecule has 38 valence electrons. The number of urea groups is 1. The van der Waals surface area contributed by atoms with Crippen LogP contribution in [0.1, 0.15) is 0 Å². The Labute approximate surface area is 54.5 Å². The van der Waals surface area contributed by atoms with Crippen molar-refractivity contribution in [2.24, 2.45) is 5.73 Å². The molecule has 0 heterocycles. The summed E-state index contributed by atoms with van der Waals surface area (Å²) in [5.74, 6) is 0. The first kappa shape index (κ1) is 9.55. The topological polar surface area (TPSA) is 55.1 Å². The van der Waals surface area contributed by atoms with Gasteiger partial charge >= 0.3 is 37.1 Å². The van der Waals surface area contributed by atoms with Crippen LogP contribution in [-0.4, -0.2) is 22.3 Å². The predicted octanol–water partition coefficient (Wildman–Crippen LogP) is -0.952. The second-order valence-electron chi connectivity index (χ2n) is 0.476. The summed E-state index contributed by atoms with van der Waals surface area (Å²) in [4.78, 5) is 9.46. The molecule has 3 N–H and O–H groups in total. The summed E-state index contributed by atoms with van der Waals surface area (Å²) < 4.78 is 2.10. The van der Waals surface area contributed by atoms with Crippen LogP contribution in [0.2, 0.25) is 0 Å². The molecule has 3 nitrogen and oxygen atoms in total. The van der Waals surface area contributed by atoms with E-state index in [0.717, 1.165) is 0 Å². The quantitative estimate of drug-likeness (QED) is 0.508. The molecule has 0 radical (unpaired) electrons. The van der Waals surface area contributed by atoms with Gasteiger partial charge in [-0.1, -0.05) is 0 Å². The van der Waals surface area contributed by atoms with Crippen molar-refractivity contribution in [2.75, 3.05) is 0 Å². The average molecular weight is 220 g/mol. The average Bonchev–Trinajstić information content (AvgIpc) is 1.38. The summed E-state index contributed by atoms with van der Waals surface area (Å²) >= 11 is 1.85. The second-order valence-corrected chi connectivity index (χ2v) is 0.945. The molecule has 0 aromatic carbocycles. The summed E-state index contributed by atoms with van der Waals surface area (Å²) in [6, 6.07) is -0.523. The third kappa shape index (κ3) is 8.86. The molecule has 0 fully saturated rings. The molecule has 0 bridgehead atoms. The van der Waals surface area contributed by atoms with Gasteiger partial charge in [0.15, 0.2) is 0 Å². The van der Waals surface area contributed by atoms with Crippen LogP contribution in [0, 0.1) is 0 Å². The van der Waals surface area contributed by atoms with E-state index >= 15 is 0 Å². The van der Waals surface area contributed by atoms with E-state index in [-0.39, 0.29) is 17.0 Å². The number of hydrogen-bond acceptors (Lipinski definition) is 1. The number of rotatable bonds is 0. The molecule has 0 unspecified atom stereocenters. The van der Waals surface area contributed by atoms with Gasteiger partial charge in [-0.25, -0.2) is 0 Å². The SMILES string of the molecule is Br.NC(=O)N[SeH]. The van der Waals surface area contributed by atoms with Crippen LogP contribution in [0.15, 0.2) is 0 Å². The molecule has 2 amide bonds. The summed E-state index contributed by atoms with van der Waals surface area (Å²) in [5.41, 5.74) is 4.53. The molecule has 0 aliphatic heterocycles. The van der Waals surface area contributed by atoms with Crippen molar-refractivity contribution in [1.82, 2.24) is 4.33 Å². The standard InChI is InChI=1S/CH4N2OSe.BrH/c2-1(4)3-5;/h5H,(H3,2,3,4);1H. The van der Waals surface area contributed by atoms with E-state index in [1.165, 1.54) is 0 Å². The van der Waals surface area contributed by atoms with Crippen LogP contribution < -0.4 is 10.1 Å². The van der Waals surface area contributed by atoms with Crippen LogP contribution in [0.3, 0.4) is 0 Å². The van der Waals surface area contributed by atoms with Crippen molar-refractivity contribution < 1.29 is 4.79 Å². The predicted molar refractivity (Wildman–Crippen MR) is 30.2 cm³/mol. The minimum atomic E-state index is -0.523. The van der Waals surface area contributed by atoms with Crippen molar-refractivity contribution in [1.29, 1.82) is 0 Å². The van der Waals surface area contributed by atoms with E-state index in [9.17, 15) is 4.79 Å². The third-order valence-corrected chi connectivity index (χ3v) is 0.573. The fraction of sp³-hybridized carbons (Fsp3) is 0. The fourth-order valence-electron chi connectivity index (χ4n) is 0. The number of primary amides is 1. The number of hydrogen-bond donors (Lipinski definition) is 2. The second kappa shape index (κ2) is 5.27. The zero-order valence-corrected chi connectivity index (χ0v) is 6.43. The maximum atomic E-state index is 9.46. The molecule has 0 aliphatic carbocycles. The Morgan fingerprint density at radius 1 is 1.83 bits per heavy atom. The Kier molecular flexibility index (Phi) is 8.39. The Hall–Kier alpha value is 0.269. The molecule has 0 aromatic rings. The van der Waals surface area contributed by atoms with E-state index < -0.39 is 6.03 Å². The zero-order chi connectivity index (χ0) is 4.28. The van der Waals surface area contributed by atoms with Crippen LogP contribution in [0.25, 0.3) is 0 Å². The van der Waals surface area contributed by atoms with E-state index in [0.29, 0.717) is 0 Å². The molecule has 0 atom stereocenters. The Bertz CT molecular complexity index is 48.8. The van der Waals surface area contributed by atoms with E-state index in [1.807, 2.05) is 16.2 Å². The van der Waals surface area contributed by atoms with Gasteiger partial charge in [-0.15, -0.1) is 17.0 Å². The van der Waals surface area contributed by atoms with Crippen LogP contribution in [-0.2, 0) is 0 Å². The van der Waals surface area contributed by atoms with E-state index in [4.69, 9.17) is 0 Å². The van der Waals surface area contributed by atoms with Crippen molar-refractivity contribution in [2.45, 2.75) is 0 Å². The van der Waals surface area contributed by atoms with Gasteiger partial charge in [-0.3, -0.25) is 0 Å². The first-order chi connectivity index (χ1) is 2.27. The normalized spacial score (nSPS) is 5.50. The van der Waals surface area contributed by atoms with Gasteiger partial charge in [-0.2, -0.15) is 0 Å². The summed E-state index contributed by atoms with van der Waals surface area (Å²) in [5, 5.41) is 0. The van der Waals surface area contributed by atoms with Crippen molar-refractivity contribution >= 4 is 39.2 Å². The van der Waals surface area contributed by atoms with E-state index in [2.05, 4.69) is 10.1 Å². The minimum absolute atomic E-state index is 0. The molecule has 0 spiro atoms. The number of carbonyl (C=O) groups is 1. The molecular formula is CH5BrN2OSe. The van der Waals surface area contributed by atoms with Gasteiger partial charge in [0.25, 0.3) is 0 Å². The number of nitrogens with two attached hydrogens (primary N) is 1. The van der Waals surface area contributed by atoms with Crippen LogP contribution in [0.5, 0.6) is 0 Å². The first-order valence-electron chi connectivity index (χ1n) is 0.966. The molecule has 0 rings (SSSR count). The fourth-order valence-corrected chi connectivity index (χ4v) is 0. The Morgan fingerprint density at radius 2 is 2.00 bits per heavy atom. The van der Waals surface area contributed by atoms with Gasteiger partial charge < -0.3 is 0 Å². The summed E-state index contributed by atoms with van der Waals surface area (Å²) in [7, 11) is 0. The van der Waals surface area contributed by atoms with Gasteiger partial charge in [-0.05, 0) is 0 Å². The molecule has 0 aromatic heterocycles. The summed E-state index contributed by atoms with van der Waals surface area (Å²) in [6.07, 6.45) is 0. The summed E-state index contributed by atoms with van der Waals surface area (Å²) in [6.45, 7) is 0. The van der Waals surface area contributed by atoms with Crippen LogP contribution in [0.4, 0.5) is 4.79 Å². The Morgan fingerprint density at radius 3 is 2.00 bits per heavy atom.